The van der Waals surface area contributed by atoms with Gasteiger partial charge in [0.2, 0.25) is 0 Å². The molecule has 1 aromatic rings. The zero-order chi connectivity index (χ0) is 12.6. The van der Waals surface area contributed by atoms with Gasteiger partial charge in [-0.1, -0.05) is 0 Å². The van der Waals surface area contributed by atoms with E-state index in [4.69, 9.17) is 5.11 Å². The monoisotopic (exact) mass is 249 g/mol. The van der Waals surface area contributed by atoms with Crippen molar-refractivity contribution in [1.29, 1.82) is 0 Å². The number of likely N-dealkylation sites (tertiary alicyclic amines) is 1. The molecule has 1 aliphatic heterocycles. The van der Waals surface area contributed by atoms with Crippen LogP contribution in [0, 0.1) is 0 Å². The summed E-state index contributed by atoms with van der Waals surface area (Å²) in [7, 11) is 0. The molecule has 1 fully saturated rings. The van der Waals surface area contributed by atoms with Crippen molar-refractivity contribution < 1.29 is 23.1 Å². The number of nitrogens with one attached hydrogen (secondary N) is 1. The molecule has 17 heavy (non-hydrogen) atoms. The van der Waals surface area contributed by atoms with Gasteiger partial charge in [0.25, 0.3) is 0 Å². The Morgan fingerprint density at radius 3 is 2.82 bits per heavy atom. The van der Waals surface area contributed by atoms with Crippen LogP contribution in [0.3, 0.4) is 0 Å². The lowest BCUT2D eigenvalue weighted by Crippen LogP contribution is -2.29. The van der Waals surface area contributed by atoms with E-state index in [0.29, 0.717) is 25.6 Å². The number of alkyl halides is 3. The maximum absolute atomic E-state index is 12.3. The SMILES string of the molecule is O=C(O)N1CCCC1c1ncc(C(F)(F)F)[nH]1. The van der Waals surface area contributed by atoms with Crippen LogP contribution >= 0.6 is 0 Å². The lowest BCUT2D eigenvalue weighted by atomic mass is 10.2. The van der Waals surface area contributed by atoms with Gasteiger partial charge in [-0.05, 0) is 12.8 Å². The lowest BCUT2D eigenvalue weighted by molar-refractivity contribution is -0.141. The summed E-state index contributed by atoms with van der Waals surface area (Å²) in [6, 6.07) is -0.608. The van der Waals surface area contributed by atoms with E-state index in [1.165, 1.54) is 0 Å². The maximum Gasteiger partial charge on any atom is 0.432 e. The Morgan fingerprint density at radius 2 is 2.29 bits per heavy atom. The molecule has 1 unspecified atom stereocenters. The quantitative estimate of drug-likeness (QED) is 0.801. The van der Waals surface area contributed by atoms with Crippen LogP contribution < -0.4 is 0 Å². The van der Waals surface area contributed by atoms with Gasteiger partial charge in [0, 0.05) is 6.54 Å². The molecule has 2 heterocycles. The summed E-state index contributed by atoms with van der Waals surface area (Å²) in [4.78, 5) is 17.7. The third-order valence-electron chi connectivity index (χ3n) is 2.72. The van der Waals surface area contributed by atoms with Gasteiger partial charge < -0.3 is 10.1 Å². The molecule has 5 nitrogen and oxygen atoms in total. The zero-order valence-corrected chi connectivity index (χ0v) is 8.66. The molecule has 0 bridgehead atoms. The highest BCUT2D eigenvalue weighted by Crippen LogP contribution is 2.33. The number of hydrogen-bond donors (Lipinski definition) is 2. The van der Waals surface area contributed by atoms with Crippen molar-refractivity contribution in [3.8, 4) is 0 Å². The van der Waals surface area contributed by atoms with Gasteiger partial charge in [0.05, 0.1) is 12.2 Å². The Bertz CT molecular complexity index is 429. The molecule has 8 heteroatoms. The predicted octanol–water partition coefficient (Wildman–Crippen LogP) is 2.24. The average Bonchev–Trinajstić information content (AvgIpc) is 2.85. The summed E-state index contributed by atoms with van der Waals surface area (Å²) in [5.74, 6) is 0.0530. The number of aromatic nitrogens is 2. The molecule has 0 saturated carbocycles. The number of carboxylic acid groups (broad SMARTS) is 1. The molecule has 94 valence electrons. The first-order valence-electron chi connectivity index (χ1n) is 5.01. The predicted molar refractivity (Wildman–Crippen MR) is 50.3 cm³/mol. The van der Waals surface area contributed by atoms with Crippen LogP contribution in [0.15, 0.2) is 6.20 Å². The lowest BCUT2D eigenvalue weighted by Gasteiger charge is -2.19. The molecule has 0 aliphatic carbocycles. The van der Waals surface area contributed by atoms with Crippen molar-refractivity contribution >= 4 is 6.09 Å². The first-order chi connectivity index (χ1) is 7.89. The van der Waals surface area contributed by atoms with E-state index in [2.05, 4.69) is 9.97 Å². The van der Waals surface area contributed by atoms with Crippen molar-refractivity contribution in [2.75, 3.05) is 6.54 Å². The summed E-state index contributed by atoms with van der Waals surface area (Å²) in [6.07, 6.45) is -3.83. The molecule has 1 amide bonds. The third kappa shape index (κ3) is 2.20. The summed E-state index contributed by atoms with van der Waals surface area (Å²) in [5.41, 5.74) is -0.954. The first-order valence-corrected chi connectivity index (χ1v) is 5.01. The Hall–Kier alpha value is -1.73. The summed E-state index contributed by atoms with van der Waals surface area (Å²) >= 11 is 0. The van der Waals surface area contributed by atoms with Crippen molar-refractivity contribution in [3.05, 3.63) is 17.7 Å². The van der Waals surface area contributed by atoms with E-state index in [-0.39, 0.29) is 5.82 Å². The molecule has 2 N–H and O–H groups in total. The molecule has 0 aromatic carbocycles. The van der Waals surface area contributed by atoms with E-state index in [1.54, 1.807) is 0 Å². The minimum Gasteiger partial charge on any atom is -0.465 e. The van der Waals surface area contributed by atoms with Crippen LogP contribution in [0.25, 0.3) is 0 Å². The molecule has 0 spiro atoms. The number of hydrogen-bond acceptors (Lipinski definition) is 2. The Balaban J connectivity index is 2.23. The maximum atomic E-state index is 12.3. The molecule has 1 aromatic heterocycles. The number of rotatable bonds is 1. The van der Waals surface area contributed by atoms with Crippen LogP contribution in [0.1, 0.15) is 30.4 Å². The van der Waals surface area contributed by atoms with E-state index in [1.807, 2.05) is 0 Å². The first kappa shape index (κ1) is 11.7. The standard InChI is InChI=1S/C9H10F3N3O2/c10-9(11,12)6-4-13-7(14-6)5-2-1-3-15(5)8(16)17/h4-5H,1-3H2,(H,13,14)(H,16,17). The van der Waals surface area contributed by atoms with Crippen LogP contribution in [-0.4, -0.2) is 32.6 Å². The normalized spacial score (nSPS) is 20.9. The van der Waals surface area contributed by atoms with E-state index in [9.17, 15) is 18.0 Å². The topological polar surface area (TPSA) is 69.2 Å². The number of imidazole rings is 1. The average molecular weight is 249 g/mol. The number of carbonyl (C=O) groups is 1. The van der Waals surface area contributed by atoms with E-state index >= 15 is 0 Å². The van der Waals surface area contributed by atoms with E-state index < -0.39 is 24.0 Å². The van der Waals surface area contributed by atoms with Crippen molar-refractivity contribution in [3.63, 3.8) is 0 Å². The Morgan fingerprint density at radius 1 is 1.59 bits per heavy atom. The minimum atomic E-state index is -4.49. The second kappa shape index (κ2) is 3.94. The van der Waals surface area contributed by atoms with Gasteiger partial charge >= 0.3 is 12.3 Å². The Labute approximate surface area is 94.3 Å². The number of amides is 1. The fourth-order valence-electron chi connectivity index (χ4n) is 1.93. The minimum absolute atomic E-state index is 0.0530. The second-order valence-electron chi connectivity index (χ2n) is 3.81. The molecule has 1 aliphatic rings. The number of nitrogens with zero attached hydrogens (tertiary/aromatic N) is 2. The second-order valence-corrected chi connectivity index (χ2v) is 3.81. The van der Waals surface area contributed by atoms with Gasteiger partial charge in [0.15, 0.2) is 0 Å². The highest BCUT2D eigenvalue weighted by Gasteiger charge is 2.36. The van der Waals surface area contributed by atoms with Gasteiger partial charge in [-0.25, -0.2) is 9.78 Å². The largest absolute Gasteiger partial charge is 0.465 e. The summed E-state index contributed by atoms with van der Waals surface area (Å²) in [5, 5.41) is 8.87. The third-order valence-corrected chi connectivity index (χ3v) is 2.72. The summed E-state index contributed by atoms with van der Waals surface area (Å²) in [6.45, 7) is 0.321. The van der Waals surface area contributed by atoms with Gasteiger partial charge in [0.1, 0.15) is 11.5 Å². The smallest absolute Gasteiger partial charge is 0.432 e. The van der Waals surface area contributed by atoms with Gasteiger partial charge in [-0.3, -0.25) is 4.90 Å². The van der Waals surface area contributed by atoms with E-state index in [0.717, 1.165) is 4.90 Å². The van der Waals surface area contributed by atoms with Gasteiger partial charge in [-0.2, -0.15) is 13.2 Å². The van der Waals surface area contributed by atoms with Gasteiger partial charge in [-0.15, -0.1) is 0 Å². The van der Waals surface area contributed by atoms with Crippen LogP contribution in [-0.2, 0) is 6.18 Å². The van der Waals surface area contributed by atoms with Crippen molar-refractivity contribution in [1.82, 2.24) is 14.9 Å². The highest BCUT2D eigenvalue weighted by atomic mass is 19.4. The fraction of sp³-hybridized carbons (Fsp3) is 0.556. The molecule has 2 rings (SSSR count). The zero-order valence-electron chi connectivity index (χ0n) is 8.66. The molecule has 1 atom stereocenters. The number of H-pyrrole nitrogens is 1. The Kier molecular flexibility index (Phi) is 2.72. The molecule has 0 radical (unpaired) electrons. The van der Waals surface area contributed by atoms with Crippen LogP contribution in [0.5, 0.6) is 0 Å². The van der Waals surface area contributed by atoms with Crippen LogP contribution in [0.4, 0.5) is 18.0 Å². The number of halogens is 3. The molecular weight excluding hydrogens is 239 g/mol. The molecule has 1 saturated heterocycles. The number of aromatic amines is 1. The highest BCUT2D eigenvalue weighted by molar-refractivity contribution is 5.66. The van der Waals surface area contributed by atoms with Crippen LogP contribution in [0.2, 0.25) is 0 Å². The van der Waals surface area contributed by atoms with Crippen molar-refractivity contribution in [2.45, 2.75) is 25.1 Å². The van der Waals surface area contributed by atoms with Crippen molar-refractivity contribution in [2.24, 2.45) is 0 Å². The molecular formula is C9H10F3N3O2. The summed E-state index contributed by atoms with van der Waals surface area (Å²) < 4.78 is 37.0. The fourth-order valence-corrected chi connectivity index (χ4v) is 1.93.